The van der Waals surface area contributed by atoms with Crippen LogP contribution in [0.3, 0.4) is 0 Å². The molecule has 0 saturated heterocycles. The minimum atomic E-state index is -1.30. The van der Waals surface area contributed by atoms with Crippen molar-refractivity contribution in [3.63, 3.8) is 0 Å². The van der Waals surface area contributed by atoms with Crippen LogP contribution in [0.4, 0.5) is 0 Å². The Balaban J connectivity index is 2.57. The smallest absolute Gasteiger partial charge is 0.358 e. The Morgan fingerprint density at radius 3 is 2.42 bits per heavy atom. The first-order valence-electron chi connectivity index (χ1n) is 5.14. The first-order chi connectivity index (χ1) is 8.91. The molecule has 2 aromatic rings. The van der Waals surface area contributed by atoms with Gasteiger partial charge in [-0.1, -0.05) is 5.21 Å². The number of aromatic nitrogens is 3. The second-order valence-electron chi connectivity index (χ2n) is 3.75. The van der Waals surface area contributed by atoms with Crippen molar-refractivity contribution in [2.45, 2.75) is 6.92 Å². The zero-order valence-corrected chi connectivity index (χ0v) is 9.73. The lowest BCUT2D eigenvalue weighted by atomic mass is 10.1. The first kappa shape index (κ1) is 12.6. The summed E-state index contributed by atoms with van der Waals surface area (Å²) in [5, 5.41) is 34.3. The highest BCUT2D eigenvalue weighted by Gasteiger charge is 2.18. The average molecular weight is 263 g/mol. The van der Waals surface area contributed by atoms with Crippen molar-refractivity contribution in [3.05, 3.63) is 35.2 Å². The van der Waals surface area contributed by atoms with E-state index in [9.17, 15) is 14.7 Å². The first-order valence-corrected chi connectivity index (χ1v) is 5.14. The van der Waals surface area contributed by atoms with E-state index in [-0.39, 0.29) is 22.7 Å². The monoisotopic (exact) mass is 263 g/mol. The molecule has 3 N–H and O–H groups in total. The molecule has 0 atom stereocenters. The number of carboxylic acids is 2. The SMILES string of the molecule is Cc1c(C(=O)O)nnn1-c1ccc(O)c(C(=O)O)c1. The Hall–Kier alpha value is -2.90. The van der Waals surface area contributed by atoms with Crippen LogP contribution in [0.2, 0.25) is 0 Å². The lowest BCUT2D eigenvalue weighted by Crippen LogP contribution is -2.04. The summed E-state index contributed by atoms with van der Waals surface area (Å²) in [5.74, 6) is -2.90. The molecule has 1 aromatic carbocycles. The Labute approximate surface area is 106 Å². The molecule has 0 bridgehead atoms. The number of hydrogen-bond acceptors (Lipinski definition) is 5. The second-order valence-corrected chi connectivity index (χ2v) is 3.75. The van der Waals surface area contributed by atoms with Crippen molar-refractivity contribution in [2.24, 2.45) is 0 Å². The molecule has 98 valence electrons. The van der Waals surface area contributed by atoms with E-state index in [4.69, 9.17) is 10.2 Å². The molecule has 0 saturated carbocycles. The number of carboxylic acid groups (broad SMARTS) is 2. The zero-order chi connectivity index (χ0) is 14.2. The van der Waals surface area contributed by atoms with E-state index >= 15 is 0 Å². The Morgan fingerprint density at radius 2 is 1.89 bits per heavy atom. The molecule has 8 nitrogen and oxygen atoms in total. The molecule has 0 amide bonds. The van der Waals surface area contributed by atoms with Crippen LogP contribution in [0.1, 0.15) is 26.5 Å². The normalized spacial score (nSPS) is 10.4. The van der Waals surface area contributed by atoms with E-state index in [1.807, 2.05) is 0 Å². The summed E-state index contributed by atoms with van der Waals surface area (Å²) in [6, 6.07) is 3.79. The third-order valence-electron chi connectivity index (χ3n) is 2.55. The molecule has 0 radical (unpaired) electrons. The number of aromatic hydroxyl groups is 1. The molecule has 8 heteroatoms. The molecule has 1 heterocycles. The van der Waals surface area contributed by atoms with Gasteiger partial charge in [0, 0.05) is 0 Å². The van der Waals surface area contributed by atoms with Crippen LogP contribution in [0, 0.1) is 6.92 Å². The van der Waals surface area contributed by atoms with Gasteiger partial charge in [0.25, 0.3) is 0 Å². The molecule has 1 aromatic heterocycles. The maximum absolute atomic E-state index is 10.9. The molecular weight excluding hydrogens is 254 g/mol. The standard InChI is InChI=1S/C11H9N3O5/c1-5-9(11(18)19)12-13-14(5)6-2-3-8(15)7(4-6)10(16)17/h2-4,15H,1H3,(H,16,17)(H,18,19). The van der Waals surface area contributed by atoms with Crippen LogP contribution < -0.4 is 0 Å². The number of benzene rings is 1. The molecule has 0 aliphatic carbocycles. The predicted octanol–water partition coefficient (Wildman–Crippen LogP) is 0.678. The van der Waals surface area contributed by atoms with Crippen LogP contribution in [0.5, 0.6) is 5.75 Å². The van der Waals surface area contributed by atoms with Crippen molar-refractivity contribution in [1.29, 1.82) is 0 Å². The summed E-state index contributed by atoms with van der Waals surface area (Å²) in [6.07, 6.45) is 0. The number of hydrogen-bond donors (Lipinski definition) is 3. The van der Waals surface area contributed by atoms with Gasteiger partial charge >= 0.3 is 11.9 Å². The van der Waals surface area contributed by atoms with Crippen LogP contribution in [-0.4, -0.2) is 42.3 Å². The van der Waals surface area contributed by atoms with Gasteiger partial charge in [0.1, 0.15) is 11.3 Å². The summed E-state index contributed by atoms with van der Waals surface area (Å²) in [5.41, 5.74) is 0.0384. The Morgan fingerprint density at radius 1 is 1.21 bits per heavy atom. The molecule has 0 aliphatic rings. The molecule has 2 rings (SSSR count). The number of carbonyl (C=O) groups is 2. The third kappa shape index (κ3) is 2.10. The molecule has 19 heavy (non-hydrogen) atoms. The van der Waals surface area contributed by atoms with Gasteiger partial charge in [-0.15, -0.1) is 5.10 Å². The summed E-state index contributed by atoms with van der Waals surface area (Å²) in [7, 11) is 0. The molecule has 0 spiro atoms. The summed E-state index contributed by atoms with van der Waals surface area (Å²) in [6.45, 7) is 1.50. The highest BCUT2D eigenvalue weighted by Crippen LogP contribution is 2.21. The van der Waals surface area contributed by atoms with Crippen molar-refractivity contribution >= 4 is 11.9 Å². The molecule has 0 unspecified atom stereocenters. The van der Waals surface area contributed by atoms with E-state index in [1.165, 1.54) is 29.8 Å². The fourth-order valence-corrected chi connectivity index (χ4v) is 1.60. The third-order valence-corrected chi connectivity index (χ3v) is 2.55. The van der Waals surface area contributed by atoms with Crippen molar-refractivity contribution in [1.82, 2.24) is 15.0 Å². The van der Waals surface area contributed by atoms with E-state index in [1.54, 1.807) is 0 Å². The minimum absolute atomic E-state index is 0.218. The van der Waals surface area contributed by atoms with Gasteiger partial charge in [0.15, 0.2) is 5.69 Å². The van der Waals surface area contributed by atoms with E-state index in [0.717, 1.165) is 0 Å². The number of rotatable bonds is 3. The minimum Gasteiger partial charge on any atom is -0.507 e. The van der Waals surface area contributed by atoms with Crippen molar-refractivity contribution in [3.8, 4) is 11.4 Å². The van der Waals surface area contributed by atoms with Gasteiger partial charge in [-0.2, -0.15) is 0 Å². The topological polar surface area (TPSA) is 126 Å². The van der Waals surface area contributed by atoms with Crippen molar-refractivity contribution < 1.29 is 24.9 Å². The number of nitrogens with zero attached hydrogens (tertiary/aromatic N) is 3. The average Bonchev–Trinajstić information content (AvgIpc) is 2.71. The number of phenols is 1. The Kier molecular flexibility index (Phi) is 2.91. The molecular formula is C11H9N3O5. The van der Waals surface area contributed by atoms with Gasteiger partial charge in [0.2, 0.25) is 0 Å². The highest BCUT2D eigenvalue weighted by molar-refractivity contribution is 5.91. The largest absolute Gasteiger partial charge is 0.507 e. The zero-order valence-electron chi connectivity index (χ0n) is 9.73. The van der Waals surface area contributed by atoms with Gasteiger partial charge in [-0.25, -0.2) is 14.3 Å². The van der Waals surface area contributed by atoms with Crippen LogP contribution >= 0.6 is 0 Å². The van der Waals surface area contributed by atoms with Crippen LogP contribution in [-0.2, 0) is 0 Å². The fraction of sp³-hybridized carbons (Fsp3) is 0.0909. The van der Waals surface area contributed by atoms with E-state index in [0.29, 0.717) is 5.69 Å². The predicted molar refractivity (Wildman–Crippen MR) is 61.7 cm³/mol. The van der Waals surface area contributed by atoms with Crippen LogP contribution in [0.25, 0.3) is 5.69 Å². The lowest BCUT2D eigenvalue weighted by Gasteiger charge is -2.05. The molecule has 0 fully saturated rings. The van der Waals surface area contributed by atoms with E-state index < -0.39 is 11.9 Å². The summed E-state index contributed by atoms with van der Waals surface area (Å²) >= 11 is 0. The summed E-state index contributed by atoms with van der Waals surface area (Å²) < 4.78 is 1.19. The van der Waals surface area contributed by atoms with Gasteiger partial charge in [-0.3, -0.25) is 0 Å². The Bertz CT molecular complexity index is 677. The van der Waals surface area contributed by atoms with Gasteiger partial charge < -0.3 is 15.3 Å². The lowest BCUT2D eigenvalue weighted by molar-refractivity contribution is 0.0680. The quantitative estimate of drug-likeness (QED) is 0.743. The van der Waals surface area contributed by atoms with E-state index in [2.05, 4.69) is 10.3 Å². The van der Waals surface area contributed by atoms with Gasteiger partial charge in [-0.05, 0) is 25.1 Å². The number of aromatic carboxylic acids is 2. The maximum Gasteiger partial charge on any atom is 0.358 e. The molecule has 0 aliphatic heterocycles. The van der Waals surface area contributed by atoms with Crippen molar-refractivity contribution in [2.75, 3.05) is 0 Å². The fourth-order valence-electron chi connectivity index (χ4n) is 1.60. The maximum atomic E-state index is 10.9. The highest BCUT2D eigenvalue weighted by atomic mass is 16.4. The van der Waals surface area contributed by atoms with Crippen LogP contribution in [0.15, 0.2) is 18.2 Å². The van der Waals surface area contributed by atoms with Gasteiger partial charge in [0.05, 0.1) is 11.4 Å². The second kappa shape index (κ2) is 4.41. The summed E-state index contributed by atoms with van der Waals surface area (Å²) in [4.78, 5) is 21.8.